The Morgan fingerprint density at radius 3 is 2.20 bits per heavy atom. The molecular formula is C16H29N3O. The first kappa shape index (κ1) is 17.0. The van der Waals surface area contributed by atoms with Gasteiger partial charge in [-0.25, -0.2) is 0 Å². The number of benzene rings is 1. The fourth-order valence-electron chi connectivity index (χ4n) is 2.22. The van der Waals surface area contributed by atoms with Crippen LogP contribution in [-0.4, -0.2) is 57.2 Å². The SMILES string of the molecule is COc1ccc(C(N)C(C)N(C)CCCN(C)C)cc1. The molecule has 4 heteroatoms. The maximum atomic E-state index is 6.37. The predicted molar refractivity (Wildman–Crippen MR) is 85.2 cm³/mol. The van der Waals surface area contributed by atoms with Crippen LogP contribution >= 0.6 is 0 Å². The monoisotopic (exact) mass is 279 g/mol. The minimum Gasteiger partial charge on any atom is -0.497 e. The normalized spacial score (nSPS) is 14.6. The van der Waals surface area contributed by atoms with Gasteiger partial charge in [-0.3, -0.25) is 0 Å². The first-order chi connectivity index (χ1) is 9.45. The second kappa shape index (κ2) is 8.25. The van der Waals surface area contributed by atoms with Crippen molar-refractivity contribution < 1.29 is 4.74 Å². The lowest BCUT2D eigenvalue weighted by atomic mass is 10.0. The first-order valence-electron chi connectivity index (χ1n) is 7.20. The van der Waals surface area contributed by atoms with Crippen LogP contribution in [0.4, 0.5) is 0 Å². The number of rotatable bonds is 8. The van der Waals surface area contributed by atoms with E-state index >= 15 is 0 Å². The summed E-state index contributed by atoms with van der Waals surface area (Å²) in [6, 6.07) is 8.36. The Morgan fingerprint density at radius 2 is 1.70 bits per heavy atom. The smallest absolute Gasteiger partial charge is 0.118 e. The standard InChI is InChI=1S/C16H29N3O/c1-13(19(4)12-6-11-18(2)3)16(17)14-7-9-15(20-5)10-8-14/h7-10,13,16H,6,11-12,17H2,1-5H3. The van der Waals surface area contributed by atoms with Crippen molar-refractivity contribution in [2.24, 2.45) is 5.73 Å². The highest BCUT2D eigenvalue weighted by Gasteiger charge is 2.18. The third-order valence-electron chi connectivity index (χ3n) is 3.83. The Balaban J connectivity index is 2.53. The molecule has 0 spiro atoms. The molecule has 2 unspecified atom stereocenters. The van der Waals surface area contributed by atoms with Crippen LogP contribution in [0.5, 0.6) is 5.75 Å². The minimum absolute atomic E-state index is 0.0188. The summed E-state index contributed by atoms with van der Waals surface area (Å²) >= 11 is 0. The molecule has 0 saturated carbocycles. The zero-order valence-corrected chi connectivity index (χ0v) is 13.5. The van der Waals surface area contributed by atoms with Crippen molar-refractivity contribution in [2.45, 2.75) is 25.4 Å². The molecule has 114 valence electrons. The molecule has 4 nitrogen and oxygen atoms in total. The van der Waals surface area contributed by atoms with Crippen molar-refractivity contribution in [2.75, 3.05) is 41.3 Å². The van der Waals surface area contributed by atoms with Crippen molar-refractivity contribution in [3.8, 4) is 5.75 Å². The van der Waals surface area contributed by atoms with Gasteiger partial charge < -0.3 is 20.3 Å². The second-order valence-electron chi connectivity index (χ2n) is 5.68. The van der Waals surface area contributed by atoms with E-state index in [0.717, 1.165) is 30.8 Å². The number of methoxy groups -OCH3 is 1. The molecular weight excluding hydrogens is 250 g/mol. The van der Waals surface area contributed by atoms with Crippen molar-refractivity contribution in [3.05, 3.63) is 29.8 Å². The van der Waals surface area contributed by atoms with Crippen molar-refractivity contribution in [3.63, 3.8) is 0 Å². The van der Waals surface area contributed by atoms with Gasteiger partial charge in [-0.05, 0) is 65.3 Å². The van der Waals surface area contributed by atoms with Crippen LogP contribution < -0.4 is 10.5 Å². The molecule has 2 atom stereocenters. The molecule has 0 heterocycles. The lowest BCUT2D eigenvalue weighted by Crippen LogP contribution is -2.39. The summed E-state index contributed by atoms with van der Waals surface area (Å²) < 4.78 is 5.18. The first-order valence-corrected chi connectivity index (χ1v) is 7.20. The van der Waals surface area contributed by atoms with Crippen LogP contribution in [-0.2, 0) is 0 Å². The van der Waals surface area contributed by atoms with Gasteiger partial charge in [-0.1, -0.05) is 12.1 Å². The van der Waals surface area contributed by atoms with E-state index in [1.807, 2.05) is 24.3 Å². The van der Waals surface area contributed by atoms with E-state index in [1.54, 1.807) is 7.11 Å². The molecule has 1 aromatic rings. The Morgan fingerprint density at radius 1 is 1.10 bits per heavy atom. The Kier molecular flexibility index (Phi) is 6.99. The highest BCUT2D eigenvalue weighted by Crippen LogP contribution is 2.20. The van der Waals surface area contributed by atoms with E-state index in [2.05, 4.69) is 37.9 Å². The average Bonchev–Trinajstić information content (AvgIpc) is 2.45. The van der Waals surface area contributed by atoms with Gasteiger partial charge in [0.25, 0.3) is 0 Å². The molecule has 0 bridgehead atoms. The molecule has 20 heavy (non-hydrogen) atoms. The summed E-state index contributed by atoms with van der Waals surface area (Å²) in [5.41, 5.74) is 7.52. The maximum Gasteiger partial charge on any atom is 0.118 e. The van der Waals surface area contributed by atoms with Crippen molar-refractivity contribution in [1.82, 2.24) is 9.80 Å². The van der Waals surface area contributed by atoms with Crippen LogP contribution in [0.2, 0.25) is 0 Å². The summed E-state index contributed by atoms with van der Waals surface area (Å²) in [7, 11) is 8.03. The second-order valence-corrected chi connectivity index (χ2v) is 5.68. The molecule has 0 aromatic heterocycles. The zero-order valence-electron chi connectivity index (χ0n) is 13.5. The fourth-order valence-corrected chi connectivity index (χ4v) is 2.22. The Labute approximate surface area is 123 Å². The topological polar surface area (TPSA) is 41.7 Å². The number of nitrogens with zero attached hydrogens (tertiary/aromatic N) is 2. The van der Waals surface area contributed by atoms with E-state index in [1.165, 1.54) is 0 Å². The molecule has 0 aliphatic rings. The third-order valence-corrected chi connectivity index (χ3v) is 3.83. The minimum atomic E-state index is 0.0188. The van der Waals surface area contributed by atoms with E-state index < -0.39 is 0 Å². The Hall–Kier alpha value is -1.10. The number of ether oxygens (including phenoxy) is 1. The highest BCUT2D eigenvalue weighted by atomic mass is 16.5. The lowest BCUT2D eigenvalue weighted by Gasteiger charge is -2.30. The van der Waals surface area contributed by atoms with E-state index in [-0.39, 0.29) is 6.04 Å². The van der Waals surface area contributed by atoms with Gasteiger partial charge in [0.1, 0.15) is 5.75 Å². The van der Waals surface area contributed by atoms with Crippen LogP contribution in [0.15, 0.2) is 24.3 Å². The Bertz CT molecular complexity index is 378. The molecule has 0 amide bonds. The van der Waals surface area contributed by atoms with Gasteiger partial charge in [0.05, 0.1) is 7.11 Å². The van der Waals surface area contributed by atoms with Gasteiger partial charge >= 0.3 is 0 Å². The predicted octanol–water partition coefficient (Wildman–Crippen LogP) is 1.97. The quantitative estimate of drug-likeness (QED) is 0.790. The summed E-state index contributed by atoms with van der Waals surface area (Å²) in [4.78, 5) is 4.54. The molecule has 2 N–H and O–H groups in total. The number of nitrogens with two attached hydrogens (primary N) is 1. The number of hydrogen-bond acceptors (Lipinski definition) is 4. The average molecular weight is 279 g/mol. The van der Waals surface area contributed by atoms with Gasteiger partial charge in [-0.2, -0.15) is 0 Å². The fraction of sp³-hybridized carbons (Fsp3) is 0.625. The number of likely N-dealkylation sites (N-methyl/N-ethyl adjacent to an activating group) is 1. The van der Waals surface area contributed by atoms with Crippen molar-refractivity contribution >= 4 is 0 Å². The van der Waals surface area contributed by atoms with Crippen molar-refractivity contribution in [1.29, 1.82) is 0 Å². The summed E-state index contributed by atoms with van der Waals surface area (Å²) in [5.74, 6) is 0.868. The van der Waals surface area contributed by atoms with Gasteiger partial charge in [0.15, 0.2) is 0 Å². The van der Waals surface area contributed by atoms with Gasteiger partial charge in [0.2, 0.25) is 0 Å². The molecule has 1 aromatic carbocycles. The van der Waals surface area contributed by atoms with Crippen LogP contribution in [0.3, 0.4) is 0 Å². The van der Waals surface area contributed by atoms with E-state index in [4.69, 9.17) is 10.5 Å². The van der Waals surface area contributed by atoms with Gasteiger partial charge in [0, 0.05) is 12.1 Å². The summed E-state index contributed by atoms with van der Waals surface area (Å²) in [6.07, 6.45) is 1.16. The number of hydrogen-bond donors (Lipinski definition) is 1. The van der Waals surface area contributed by atoms with Gasteiger partial charge in [-0.15, -0.1) is 0 Å². The molecule has 0 aliphatic carbocycles. The molecule has 0 saturated heterocycles. The van der Waals surface area contributed by atoms with Crippen LogP contribution in [0.25, 0.3) is 0 Å². The molecule has 0 aliphatic heterocycles. The maximum absolute atomic E-state index is 6.37. The van der Waals surface area contributed by atoms with Crippen LogP contribution in [0, 0.1) is 0 Å². The van der Waals surface area contributed by atoms with E-state index in [9.17, 15) is 0 Å². The van der Waals surface area contributed by atoms with Crippen LogP contribution in [0.1, 0.15) is 24.9 Å². The molecule has 1 rings (SSSR count). The lowest BCUT2D eigenvalue weighted by molar-refractivity contribution is 0.215. The largest absolute Gasteiger partial charge is 0.497 e. The van der Waals surface area contributed by atoms with E-state index in [0.29, 0.717) is 6.04 Å². The molecule has 0 fully saturated rings. The highest BCUT2D eigenvalue weighted by molar-refractivity contribution is 5.29. The molecule has 0 radical (unpaired) electrons. The third kappa shape index (κ3) is 5.12. The summed E-state index contributed by atoms with van der Waals surface area (Å²) in [6.45, 7) is 4.35. The zero-order chi connectivity index (χ0) is 15.1. The summed E-state index contributed by atoms with van der Waals surface area (Å²) in [5, 5.41) is 0.